The highest BCUT2D eigenvalue weighted by molar-refractivity contribution is 5.95. The minimum Gasteiger partial charge on any atom is -0.335 e. The van der Waals surface area contributed by atoms with Crippen molar-refractivity contribution >= 4 is 5.91 Å². The molecule has 0 spiro atoms. The number of rotatable bonds is 3. The number of hydrogen-bond donors (Lipinski definition) is 1. The van der Waals surface area contributed by atoms with E-state index in [0.717, 1.165) is 31.5 Å². The van der Waals surface area contributed by atoms with Gasteiger partial charge in [-0.2, -0.15) is 0 Å². The van der Waals surface area contributed by atoms with Gasteiger partial charge >= 0.3 is 0 Å². The number of likely N-dealkylation sites (N-methyl/N-ethyl adjacent to an activating group) is 1. The molecule has 1 atom stereocenters. The SMILES string of the molecule is CCN(C(=O)c1cc(F)ccc1C)C1CCCNC1. The Morgan fingerprint density at radius 2 is 2.32 bits per heavy atom. The van der Waals surface area contributed by atoms with Crippen molar-refractivity contribution in [3.63, 3.8) is 0 Å². The Balaban J connectivity index is 2.22. The van der Waals surface area contributed by atoms with Gasteiger partial charge in [-0.15, -0.1) is 0 Å². The van der Waals surface area contributed by atoms with Gasteiger partial charge in [0.05, 0.1) is 0 Å². The number of benzene rings is 1. The number of carbonyl (C=O) groups is 1. The topological polar surface area (TPSA) is 32.3 Å². The smallest absolute Gasteiger partial charge is 0.254 e. The molecule has 1 fully saturated rings. The minimum absolute atomic E-state index is 0.0619. The average molecular weight is 264 g/mol. The fraction of sp³-hybridized carbons (Fsp3) is 0.533. The third kappa shape index (κ3) is 3.13. The van der Waals surface area contributed by atoms with Gasteiger partial charge in [-0.05, 0) is 50.9 Å². The second-order valence-electron chi connectivity index (χ2n) is 5.05. The molecule has 0 aliphatic carbocycles. The molecule has 1 amide bonds. The molecule has 1 heterocycles. The minimum atomic E-state index is -0.355. The third-order valence-electron chi connectivity index (χ3n) is 3.74. The summed E-state index contributed by atoms with van der Waals surface area (Å²) in [7, 11) is 0. The van der Waals surface area contributed by atoms with E-state index < -0.39 is 0 Å². The quantitative estimate of drug-likeness (QED) is 0.909. The maximum Gasteiger partial charge on any atom is 0.254 e. The van der Waals surface area contributed by atoms with Crippen LogP contribution in [0.4, 0.5) is 4.39 Å². The summed E-state index contributed by atoms with van der Waals surface area (Å²) in [6, 6.07) is 4.62. The second kappa shape index (κ2) is 6.15. The summed E-state index contributed by atoms with van der Waals surface area (Å²) < 4.78 is 13.3. The second-order valence-corrected chi connectivity index (χ2v) is 5.05. The van der Waals surface area contributed by atoms with Crippen molar-refractivity contribution in [1.29, 1.82) is 0 Å². The first-order valence-corrected chi connectivity index (χ1v) is 6.91. The van der Waals surface area contributed by atoms with Crippen molar-refractivity contribution in [1.82, 2.24) is 10.2 Å². The Hall–Kier alpha value is -1.42. The van der Waals surface area contributed by atoms with Crippen LogP contribution in [0.1, 0.15) is 35.7 Å². The molecule has 1 unspecified atom stereocenters. The van der Waals surface area contributed by atoms with E-state index in [-0.39, 0.29) is 17.8 Å². The number of amides is 1. The van der Waals surface area contributed by atoms with Crippen LogP contribution in [-0.2, 0) is 0 Å². The molecule has 2 rings (SSSR count). The lowest BCUT2D eigenvalue weighted by atomic mass is 10.0. The number of carbonyl (C=O) groups excluding carboxylic acids is 1. The van der Waals surface area contributed by atoms with Gasteiger partial charge in [-0.1, -0.05) is 6.07 Å². The van der Waals surface area contributed by atoms with Gasteiger partial charge in [0.1, 0.15) is 5.82 Å². The summed E-state index contributed by atoms with van der Waals surface area (Å²) in [5.74, 6) is -0.417. The lowest BCUT2D eigenvalue weighted by Crippen LogP contribution is -2.48. The van der Waals surface area contributed by atoms with E-state index in [4.69, 9.17) is 0 Å². The predicted molar refractivity (Wildman–Crippen MR) is 73.7 cm³/mol. The van der Waals surface area contributed by atoms with Gasteiger partial charge in [-0.25, -0.2) is 4.39 Å². The molecule has 4 heteroatoms. The van der Waals surface area contributed by atoms with Crippen LogP contribution in [0.25, 0.3) is 0 Å². The lowest BCUT2D eigenvalue weighted by Gasteiger charge is -2.34. The van der Waals surface area contributed by atoms with Crippen LogP contribution >= 0.6 is 0 Å². The van der Waals surface area contributed by atoms with Crippen LogP contribution in [0.5, 0.6) is 0 Å². The molecule has 1 aliphatic rings. The summed E-state index contributed by atoms with van der Waals surface area (Å²) in [6.07, 6.45) is 2.09. The molecule has 1 aromatic rings. The molecule has 1 aromatic carbocycles. The summed E-state index contributed by atoms with van der Waals surface area (Å²) >= 11 is 0. The molecule has 1 saturated heterocycles. The monoisotopic (exact) mass is 264 g/mol. The maximum atomic E-state index is 13.3. The fourth-order valence-corrected chi connectivity index (χ4v) is 2.65. The molecule has 1 N–H and O–H groups in total. The van der Waals surface area contributed by atoms with Gasteiger partial charge in [-0.3, -0.25) is 4.79 Å². The Morgan fingerprint density at radius 1 is 1.53 bits per heavy atom. The van der Waals surface area contributed by atoms with E-state index in [0.29, 0.717) is 12.1 Å². The Kier molecular flexibility index (Phi) is 4.53. The van der Waals surface area contributed by atoms with E-state index in [2.05, 4.69) is 5.32 Å². The van der Waals surface area contributed by atoms with Crippen molar-refractivity contribution in [2.75, 3.05) is 19.6 Å². The first-order valence-electron chi connectivity index (χ1n) is 6.91. The molecule has 0 radical (unpaired) electrons. The molecule has 3 nitrogen and oxygen atoms in total. The zero-order chi connectivity index (χ0) is 13.8. The van der Waals surface area contributed by atoms with Crippen molar-refractivity contribution in [2.45, 2.75) is 32.7 Å². The molecular weight excluding hydrogens is 243 g/mol. The summed E-state index contributed by atoms with van der Waals surface area (Å²) in [5.41, 5.74) is 1.31. The van der Waals surface area contributed by atoms with Gasteiger partial charge < -0.3 is 10.2 Å². The Labute approximate surface area is 113 Å². The first-order chi connectivity index (χ1) is 9.13. The van der Waals surface area contributed by atoms with E-state index in [1.165, 1.54) is 12.1 Å². The number of aryl methyl sites for hydroxylation is 1. The highest BCUT2D eigenvalue weighted by Crippen LogP contribution is 2.17. The van der Waals surface area contributed by atoms with Gasteiger partial charge in [0, 0.05) is 24.7 Å². The van der Waals surface area contributed by atoms with Gasteiger partial charge in [0.2, 0.25) is 0 Å². The summed E-state index contributed by atoms with van der Waals surface area (Å²) in [4.78, 5) is 14.4. The van der Waals surface area contributed by atoms with Crippen LogP contribution < -0.4 is 5.32 Å². The number of nitrogens with zero attached hydrogens (tertiary/aromatic N) is 1. The molecule has 1 aliphatic heterocycles. The largest absolute Gasteiger partial charge is 0.335 e. The predicted octanol–water partition coefficient (Wildman–Crippen LogP) is 2.35. The van der Waals surface area contributed by atoms with Crippen LogP contribution in [-0.4, -0.2) is 36.5 Å². The molecule has 0 bridgehead atoms. The first kappa shape index (κ1) is 14.0. The van der Waals surface area contributed by atoms with Crippen LogP contribution in [0.3, 0.4) is 0 Å². The number of piperidine rings is 1. The van der Waals surface area contributed by atoms with E-state index in [1.54, 1.807) is 6.07 Å². The maximum absolute atomic E-state index is 13.3. The molecular formula is C15H21FN2O. The number of halogens is 1. The zero-order valence-corrected chi connectivity index (χ0v) is 11.6. The van der Waals surface area contributed by atoms with Crippen molar-refractivity contribution in [3.05, 3.63) is 35.1 Å². The third-order valence-corrected chi connectivity index (χ3v) is 3.74. The molecule has 104 valence electrons. The number of hydrogen-bond acceptors (Lipinski definition) is 2. The van der Waals surface area contributed by atoms with Gasteiger partial charge in [0.15, 0.2) is 0 Å². The Morgan fingerprint density at radius 3 is 2.95 bits per heavy atom. The lowest BCUT2D eigenvalue weighted by molar-refractivity contribution is 0.0661. The van der Waals surface area contributed by atoms with Gasteiger partial charge in [0.25, 0.3) is 5.91 Å². The van der Waals surface area contributed by atoms with Crippen LogP contribution in [0, 0.1) is 12.7 Å². The van der Waals surface area contributed by atoms with Crippen LogP contribution in [0.2, 0.25) is 0 Å². The van der Waals surface area contributed by atoms with Crippen molar-refractivity contribution < 1.29 is 9.18 Å². The van der Waals surface area contributed by atoms with Crippen molar-refractivity contribution in [2.24, 2.45) is 0 Å². The summed E-state index contributed by atoms with van der Waals surface area (Å²) in [6.45, 7) is 6.32. The standard InChI is InChI=1S/C15H21FN2O/c1-3-18(13-5-4-8-17-10-13)15(19)14-9-12(16)7-6-11(14)2/h6-7,9,13,17H,3-5,8,10H2,1-2H3. The molecule has 0 saturated carbocycles. The highest BCUT2D eigenvalue weighted by Gasteiger charge is 2.25. The highest BCUT2D eigenvalue weighted by atomic mass is 19.1. The Bertz CT molecular complexity index is 455. The molecule has 0 aromatic heterocycles. The molecule has 19 heavy (non-hydrogen) atoms. The fourth-order valence-electron chi connectivity index (χ4n) is 2.65. The normalized spacial score (nSPS) is 19.2. The summed E-state index contributed by atoms with van der Waals surface area (Å²) in [5, 5.41) is 3.31. The van der Waals surface area contributed by atoms with Crippen LogP contribution in [0.15, 0.2) is 18.2 Å². The van der Waals surface area contributed by atoms with Crippen molar-refractivity contribution in [3.8, 4) is 0 Å². The van der Waals surface area contributed by atoms with E-state index >= 15 is 0 Å². The van der Waals surface area contributed by atoms with E-state index in [9.17, 15) is 9.18 Å². The number of nitrogens with one attached hydrogen (secondary N) is 1. The zero-order valence-electron chi connectivity index (χ0n) is 11.6. The average Bonchev–Trinajstić information content (AvgIpc) is 2.43. The van der Waals surface area contributed by atoms with E-state index in [1.807, 2.05) is 18.7 Å².